The lowest BCUT2D eigenvalue weighted by atomic mass is 10.1. The molecule has 0 saturated carbocycles. The first-order valence-electron chi connectivity index (χ1n) is 5.64. The molecule has 0 fully saturated rings. The van der Waals surface area contributed by atoms with Crippen LogP contribution in [0.4, 0.5) is 20.2 Å². The van der Waals surface area contributed by atoms with Gasteiger partial charge in [-0.15, -0.1) is 0 Å². The van der Waals surface area contributed by atoms with Crippen LogP contribution >= 0.6 is 0 Å². The number of carbonyl (C=O) groups excluding carboxylic acids is 1. The minimum absolute atomic E-state index is 0.108. The zero-order valence-corrected chi connectivity index (χ0v) is 9.99. The fourth-order valence-electron chi connectivity index (χ4n) is 1.66. The molecule has 3 nitrogen and oxygen atoms in total. The lowest BCUT2D eigenvalue weighted by molar-refractivity contribution is -0.115. The van der Waals surface area contributed by atoms with Crippen LogP contribution in [0.25, 0.3) is 0 Å². The predicted octanol–water partition coefficient (Wildman–Crippen LogP) is 2.73. The molecule has 0 aliphatic heterocycles. The van der Waals surface area contributed by atoms with Gasteiger partial charge in [0.15, 0.2) is 0 Å². The van der Waals surface area contributed by atoms with E-state index in [4.69, 9.17) is 5.73 Å². The van der Waals surface area contributed by atoms with Crippen molar-refractivity contribution in [3.63, 3.8) is 0 Å². The van der Waals surface area contributed by atoms with E-state index in [0.717, 1.165) is 6.07 Å². The van der Waals surface area contributed by atoms with Crippen molar-refractivity contribution in [2.24, 2.45) is 0 Å². The predicted molar refractivity (Wildman–Crippen MR) is 69.5 cm³/mol. The van der Waals surface area contributed by atoms with Gasteiger partial charge in [-0.3, -0.25) is 4.79 Å². The molecule has 0 radical (unpaired) electrons. The first-order chi connectivity index (χ1) is 9.06. The van der Waals surface area contributed by atoms with Crippen molar-refractivity contribution < 1.29 is 13.6 Å². The minimum atomic E-state index is -0.482. The van der Waals surface area contributed by atoms with E-state index in [0.29, 0.717) is 11.3 Å². The number of nitrogen functional groups attached to an aromatic ring is 1. The second kappa shape index (κ2) is 5.48. The SMILES string of the molecule is Nc1cc(F)ccc1NC(=O)Cc1ccccc1F. The van der Waals surface area contributed by atoms with Crippen molar-refractivity contribution in [3.8, 4) is 0 Å². The smallest absolute Gasteiger partial charge is 0.228 e. The summed E-state index contributed by atoms with van der Waals surface area (Å²) in [6.45, 7) is 0. The van der Waals surface area contributed by atoms with Crippen LogP contribution in [-0.4, -0.2) is 5.91 Å². The van der Waals surface area contributed by atoms with Gasteiger partial charge in [0.2, 0.25) is 5.91 Å². The summed E-state index contributed by atoms with van der Waals surface area (Å²) in [6, 6.07) is 9.68. The van der Waals surface area contributed by atoms with E-state index < -0.39 is 17.5 Å². The second-order valence-electron chi connectivity index (χ2n) is 4.05. The molecule has 2 aromatic carbocycles. The molecule has 19 heavy (non-hydrogen) atoms. The first-order valence-corrected chi connectivity index (χ1v) is 5.64. The third-order valence-corrected chi connectivity index (χ3v) is 2.60. The molecule has 0 saturated heterocycles. The summed E-state index contributed by atoms with van der Waals surface area (Å²) in [5.74, 6) is -1.34. The molecule has 0 aromatic heterocycles. The van der Waals surface area contributed by atoms with Crippen LogP contribution in [0.3, 0.4) is 0 Å². The minimum Gasteiger partial charge on any atom is -0.397 e. The van der Waals surface area contributed by atoms with Gasteiger partial charge in [0.1, 0.15) is 11.6 Å². The summed E-state index contributed by atoms with van der Waals surface area (Å²) >= 11 is 0. The first kappa shape index (κ1) is 13.0. The Bertz CT molecular complexity index is 614. The van der Waals surface area contributed by atoms with Crippen LogP contribution in [0.15, 0.2) is 42.5 Å². The van der Waals surface area contributed by atoms with E-state index >= 15 is 0 Å². The van der Waals surface area contributed by atoms with Gasteiger partial charge in [0.25, 0.3) is 0 Å². The van der Waals surface area contributed by atoms with Gasteiger partial charge in [-0.1, -0.05) is 18.2 Å². The Labute approximate surface area is 109 Å². The standard InChI is InChI=1S/C14H12F2N2O/c15-10-5-6-13(12(17)8-10)18-14(19)7-9-3-1-2-4-11(9)16/h1-6,8H,7,17H2,(H,18,19). The van der Waals surface area contributed by atoms with Crippen LogP contribution in [0.1, 0.15) is 5.56 Å². The molecule has 0 aliphatic carbocycles. The lowest BCUT2D eigenvalue weighted by Crippen LogP contribution is -2.16. The molecule has 2 aromatic rings. The number of halogens is 2. The van der Waals surface area contributed by atoms with Crippen molar-refractivity contribution in [2.75, 3.05) is 11.1 Å². The van der Waals surface area contributed by atoms with Crippen LogP contribution in [0.5, 0.6) is 0 Å². The molecule has 3 N–H and O–H groups in total. The highest BCUT2D eigenvalue weighted by Crippen LogP contribution is 2.19. The topological polar surface area (TPSA) is 55.1 Å². The monoisotopic (exact) mass is 262 g/mol. The summed E-state index contributed by atoms with van der Waals surface area (Å²) in [6.07, 6.45) is -0.108. The molecule has 0 unspecified atom stereocenters. The van der Waals surface area contributed by atoms with E-state index in [1.54, 1.807) is 12.1 Å². The number of anilines is 2. The van der Waals surface area contributed by atoms with Crippen LogP contribution in [-0.2, 0) is 11.2 Å². The van der Waals surface area contributed by atoms with Crippen LogP contribution in [0.2, 0.25) is 0 Å². The number of nitrogens with one attached hydrogen (secondary N) is 1. The van der Waals surface area contributed by atoms with Crippen molar-refractivity contribution in [1.82, 2.24) is 0 Å². The molecular formula is C14H12F2N2O. The van der Waals surface area contributed by atoms with Crippen LogP contribution in [0, 0.1) is 11.6 Å². The Morgan fingerprint density at radius 3 is 2.58 bits per heavy atom. The second-order valence-corrected chi connectivity index (χ2v) is 4.05. The number of nitrogens with two attached hydrogens (primary N) is 1. The molecular weight excluding hydrogens is 250 g/mol. The number of carbonyl (C=O) groups is 1. The molecule has 0 atom stereocenters. The highest BCUT2D eigenvalue weighted by molar-refractivity contribution is 5.95. The number of hydrogen-bond acceptors (Lipinski definition) is 2. The molecule has 0 aliphatic rings. The highest BCUT2D eigenvalue weighted by atomic mass is 19.1. The maximum Gasteiger partial charge on any atom is 0.228 e. The Morgan fingerprint density at radius 1 is 1.16 bits per heavy atom. The van der Waals surface area contributed by atoms with E-state index in [-0.39, 0.29) is 12.1 Å². The molecule has 98 valence electrons. The summed E-state index contributed by atoms with van der Waals surface area (Å²) in [5.41, 5.74) is 6.29. The van der Waals surface area contributed by atoms with E-state index in [2.05, 4.69) is 5.32 Å². The van der Waals surface area contributed by atoms with Gasteiger partial charge in [-0.2, -0.15) is 0 Å². The Morgan fingerprint density at radius 2 is 1.89 bits per heavy atom. The van der Waals surface area contributed by atoms with Gasteiger partial charge in [0.05, 0.1) is 17.8 Å². The van der Waals surface area contributed by atoms with E-state index in [1.165, 1.54) is 24.3 Å². The van der Waals surface area contributed by atoms with Gasteiger partial charge in [0, 0.05) is 0 Å². The maximum absolute atomic E-state index is 13.4. The normalized spacial score (nSPS) is 10.2. The van der Waals surface area contributed by atoms with Crippen LogP contribution < -0.4 is 11.1 Å². The lowest BCUT2D eigenvalue weighted by Gasteiger charge is -2.08. The zero-order valence-electron chi connectivity index (χ0n) is 9.99. The Kier molecular flexibility index (Phi) is 3.75. The molecule has 0 heterocycles. The summed E-state index contributed by atoms with van der Waals surface area (Å²) in [4.78, 5) is 11.7. The van der Waals surface area contributed by atoms with Gasteiger partial charge >= 0.3 is 0 Å². The summed E-state index contributed by atoms with van der Waals surface area (Å²) < 4.78 is 26.2. The molecule has 0 spiro atoms. The molecule has 5 heteroatoms. The van der Waals surface area contributed by atoms with Gasteiger partial charge < -0.3 is 11.1 Å². The molecule has 1 amide bonds. The van der Waals surface area contributed by atoms with Crippen molar-refractivity contribution in [2.45, 2.75) is 6.42 Å². The Balaban J connectivity index is 2.08. The average Bonchev–Trinajstić information content (AvgIpc) is 2.36. The fraction of sp³-hybridized carbons (Fsp3) is 0.0714. The molecule has 2 rings (SSSR count). The van der Waals surface area contributed by atoms with Crippen molar-refractivity contribution in [3.05, 3.63) is 59.7 Å². The van der Waals surface area contributed by atoms with Gasteiger partial charge in [-0.25, -0.2) is 8.78 Å². The number of rotatable bonds is 3. The summed E-state index contributed by atoms with van der Waals surface area (Å²) in [7, 11) is 0. The quantitative estimate of drug-likeness (QED) is 0.836. The van der Waals surface area contributed by atoms with Gasteiger partial charge in [-0.05, 0) is 29.8 Å². The van der Waals surface area contributed by atoms with Crippen molar-refractivity contribution in [1.29, 1.82) is 0 Å². The Hall–Kier alpha value is -2.43. The van der Waals surface area contributed by atoms with Crippen molar-refractivity contribution >= 4 is 17.3 Å². The zero-order chi connectivity index (χ0) is 13.8. The third kappa shape index (κ3) is 3.28. The number of amides is 1. The largest absolute Gasteiger partial charge is 0.397 e. The number of hydrogen-bond donors (Lipinski definition) is 2. The fourth-order valence-corrected chi connectivity index (χ4v) is 1.66. The molecule has 0 bridgehead atoms. The third-order valence-electron chi connectivity index (χ3n) is 2.60. The average molecular weight is 262 g/mol. The highest BCUT2D eigenvalue weighted by Gasteiger charge is 2.09. The van der Waals surface area contributed by atoms with E-state index in [1.807, 2.05) is 0 Å². The summed E-state index contributed by atoms with van der Waals surface area (Å²) in [5, 5.41) is 2.52. The maximum atomic E-state index is 13.4. The van der Waals surface area contributed by atoms with E-state index in [9.17, 15) is 13.6 Å². The number of benzene rings is 2.